The maximum Gasteiger partial charge on any atom is 0.272 e. The van der Waals surface area contributed by atoms with E-state index in [1.165, 1.54) is 5.56 Å². The van der Waals surface area contributed by atoms with Crippen LogP contribution in [0.15, 0.2) is 60.7 Å². The lowest BCUT2D eigenvalue weighted by Gasteiger charge is -2.28. The van der Waals surface area contributed by atoms with E-state index in [4.69, 9.17) is 5.73 Å². The van der Waals surface area contributed by atoms with Crippen LogP contribution in [0.1, 0.15) is 21.6 Å². The van der Waals surface area contributed by atoms with Crippen molar-refractivity contribution in [2.24, 2.45) is 0 Å². The third-order valence-electron chi connectivity index (χ3n) is 4.67. The molecule has 0 radical (unpaired) electrons. The number of carbonyl (C=O) groups excluding carboxylic acids is 1. The number of nitrogens with zero attached hydrogens (tertiary/aromatic N) is 2. The van der Waals surface area contributed by atoms with Crippen LogP contribution in [0.2, 0.25) is 0 Å². The highest BCUT2D eigenvalue weighted by molar-refractivity contribution is 5.94. The topological polar surface area (TPSA) is 91.5 Å². The molecule has 6 heteroatoms. The first-order valence-electron chi connectivity index (χ1n) is 8.79. The van der Waals surface area contributed by atoms with Crippen molar-refractivity contribution in [2.45, 2.75) is 13.0 Å². The van der Waals surface area contributed by atoms with Gasteiger partial charge in [-0.1, -0.05) is 36.4 Å². The van der Waals surface area contributed by atoms with Gasteiger partial charge in [-0.25, -0.2) is 4.98 Å². The number of nitrogens with one attached hydrogen (secondary N) is 1. The maximum absolute atomic E-state index is 13.0. The molecule has 0 atom stereocenters. The first kappa shape index (κ1) is 16.9. The van der Waals surface area contributed by atoms with E-state index in [1.807, 2.05) is 24.3 Å². The number of aromatic hydroxyl groups is 1. The molecule has 1 amide bonds. The molecule has 0 bridgehead atoms. The second-order valence-corrected chi connectivity index (χ2v) is 6.55. The van der Waals surface area contributed by atoms with E-state index in [0.29, 0.717) is 24.5 Å². The second-order valence-electron chi connectivity index (χ2n) is 6.55. The minimum atomic E-state index is -0.155. The van der Waals surface area contributed by atoms with Crippen molar-refractivity contribution >= 4 is 23.1 Å². The number of carbonyl (C=O) groups is 1. The van der Waals surface area contributed by atoms with Crippen molar-refractivity contribution in [2.75, 3.05) is 17.6 Å². The molecule has 2 aromatic carbocycles. The Labute approximate surface area is 157 Å². The molecule has 4 rings (SSSR count). The number of para-hydroxylation sites is 2. The molecule has 0 aliphatic carbocycles. The van der Waals surface area contributed by atoms with Crippen molar-refractivity contribution in [1.29, 1.82) is 0 Å². The van der Waals surface area contributed by atoms with Crippen molar-refractivity contribution in [3.63, 3.8) is 0 Å². The molecule has 0 fully saturated rings. The van der Waals surface area contributed by atoms with E-state index < -0.39 is 0 Å². The maximum atomic E-state index is 13.0. The standard InChI is InChI=1S/C21H20N4O2/c22-20-12-16(23-17-7-3-4-8-19(17)26)11-18(24-20)21(27)25-10-9-14-5-1-2-6-15(14)13-25/h1-8,11-12,26H,9-10,13H2,(H3,22,23,24). The fourth-order valence-corrected chi connectivity index (χ4v) is 3.30. The van der Waals surface area contributed by atoms with Crippen LogP contribution in [-0.4, -0.2) is 27.4 Å². The smallest absolute Gasteiger partial charge is 0.272 e. The Hall–Kier alpha value is -3.54. The van der Waals surface area contributed by atoms with Gasteiger partial charge in [-0.05, 0) is 35.7 Å². The number of pyridine rings is 1. The SMILES string of the molecule is Nc1cc(Nc2ccccc2O)cc(C(=O)N2CCc3ccccc3C2)n1. The lowest BCUT2D eigenvalue weighted by Crippen LogP contribution is -2.36. The zero-order valence-electron chi connectivity index (χ0n) is 14.7. The highest BCUT2D eigenvalue weighted by Crippen LogP contribution is 2.27. The van der Waals surface area contributed by atoms with Crippen molar-refractivity contribution in [3.05, 3.63) is 77.5 Å². The first-order valence-corrected chi connectivity index (χ1v) is 8.79. The van der Waals surface area contributed by atoms with Gasteiger partial charge in [-0.15, -0.1) is 0 Å². The summed E-state index contributed by atoms with van der Waals surface area (Å²) in [5, 5.41) is 13.0. The van der Waals surface area contributed by atoms with Gasteiger partial charge >= 0.3 is 0 Å². The molecule has 3 aromatic rings. The van der Waals surface area contributed by atoms with Crippen LogP contribution in [-0.2, 0) is 13.0 Å². The predicted molar refractivity (Wildman–Crippen MR) is 105 cm³/mol. The van der Waals surface area contributed by atoms with E-state index in [2.05, 4.69) is 16.4 Å². The van der Waals surface area contributed by atoms with Gasteiger partial charge in [-0.3, -0.25) is 4.79 Å². The molecular formula is C21H20N4O2. The van der Waals surface area contributed by atoms with Gasteiger partial charge in [-0.2, -0.15) is 0 Å². The highest BCUT2D eigenvalue weighted by atomic mass is 16.3. The number of phenols is 1. The Bertz CT molecular complexity index is 1000. The van der Waals surface area contributed by atoms with Crippen LogP contribution < -0.4 is 11.1 Å². The Morgan fingerprint density at radius 3 is 2.63 bits per heavy atom. The van der Waals surface area contributed by atoms with Gasteiger partial charge in [0, 0.05) is 24.8 Å². The minimum Gasteiger partial charge on any atom is -0.506 e. The summed E-state index contributed by atoms with van der Waals surface area (Å²) in [5.74, 6) is 0.210. The summed E-state index contributed by atoms with van der Waals surface area (Å²) in [6.07, 6.45) is 0.827. The van der Waals surface area contributed by atoms with Crippen molar-refractivity contribution in [1.82, 2.24) is 9.88 Å². The zero-order valence-corrected chi connectivity index (χ0v) is 14.7. The normalized spacial score (nSPS) is 13.1. The van der Waals surface area contributed by atoms with E-state index >= 15 is 0 Å². The Morgan fingerprint density at radius 1 is 1.07 bits per heavy atom. The minimum absolute atomic E-state index is 0.119. The number of amides is 1. The summed E-state index contributed by atoms with van der Waals surface area (Å²) in [6.45, 7) is 1.21. The zero-order chi connectivity index (χ0) is 18.8. The number of hydrogen-bond acceptors (Lipinski definition) is 5. The van der Waals surface area contributed by atoms with Crippen LogP contribution in [0.3, 0.4) is 0 Å². The summed E-state index contributed by atoms with van der Waals surface area (Å²) in [7, 11) is 0. The fraction of sp³-hybridized carbons (Fsp3) is 0.143. The predicted octanol–water partition coefficient (Wildman–Crippen LogP) is 3.31. The van der Waals surface area contributed by atoms with E-state index in [0.717, 1.165) is 12.0 Å². The molecule has 0 spiro atoms. The number of rotatable bonds is 3. The van der Waals surface area contributed by atoms with E-state index in [9.17, 15) is 9.90 Å². The number of fused-ring (bicyclic) bond motifs is 1. The number of nitrogen functional groups attached to an aromatic ring is 1. The van der Waals surface area contributed by atoms with Gasteiger partial charge in [0.2, 0.25) is 0 Å². The summed E-state index contributed by atoms with van der Waals surface area (Å²) in [6, 6.07) is 18.3. The third-order valence-corrected chi connectivity index (χ3v) is 4.67. The van der Waals surface area contributed by atoms with Gasteiger partial charge in [0.25, 0.3) is 5.91 Å². The van der Waals surface area contributed by atoms with Crippen LogP contribution in [0.4, 0.5) is 17.2 Å². The molecule has 0 unspecified atom stereocenters. The summed E-state index contributed by atoms with van der Waals surface area (Å²) >= 11 is 0. The number of aromatic nitrogens is 1. The van der Waals surface area contributed by atoms with Crippen LogP contribution in [0.25, 0.3) is 0 Å². The molecule has 0 saturated heterocycles. The second kappa shape index (κ2) is 6.99. The molecule has 0 saturated carbocycles. The average molecular weight is 360 g/mol. The van der Waals surface area contributed by atoms with Gasteiger partial charge in [0.05, 0.1) is 5.69 Å². The molecule has 27 heavy (non-hydrogen) atoms. The number of benzene rings is 2. The number of nitrogens with two attached hydrogens (primary N) is 1. The number of anilines is 3. The quantitative estimate of drug-likeness (QED) is 0.623. The van der Waals surface area contributed by atoms with Crippen molar-refractivity contribution < 1.29 is 9.90 Å². The fourth-order valence-electron chi connectivity index (χ4n) is 3.30. The van der Waals surface area contributed by atoms with Gasteiger partial charge in [0.15, 0.2) is 0 Å². The largest absolute Gasteiger partial charge is 0.506 e. The number of hydrogen-bond donors (Lipinski definition) is 3. The molecular weight excluding hydrogens is 340 g/mol. The first-order chi connectivity index (χ1) is 13.1. The van der Waals surface area contributed by atoms with E-state index in [-0.39, 0.29) is 23.2 Å². The summed E-state index contributed by atoms with van der Waals surface area (Å²) in [5.41, 5.74) is 9.77. The van der Waals surface area contributed by atoms with Crippen LogP contribution >= 0.6 is 0 Å². The monoisotopic (exact) mass is 360 g/mol. The third kappa shape index (κ3) is 3.55. The molecule has 6 nitrogen and oxygen atoms in total. The molecule has 4 N–H and O–H groups in total. The van der Waals surface area contributed by atoms with E-state index in [1.54, 1.807) is 35.2 Å². The Balaban J connectivity index is 1.58. The summed E-state index contributed by atoms with van der Waals surface area (Å²) < 4.78 is 0. The molecule has 1 aliphatic rings. The van der Waals surface area contributed by atoms with Crippen molar-refractivity contribution in [3.8, 4) is 5.75 Å². The van der Waals surface area contributed by atoms with Gasteiger partial charge < -0.3 is 21.1 Å². The van der Waals surface area contributed by atoms with Gasteiger partial charge in [0.1, 0.15) is 17.3 Å². The molecule has 1 aromatic heterocycles. The van der Waals surface area contributed by atoms with Crippen LogP contribution in [0, 0.1) is 0 Å². The summed E-state index contributed by atoms with van der Waals surface area (Å²) in [4.78, 5) is 19.0. The highest BCUT2D eigenvalue weighted by Gasteiger charge is 2.23. The molecule has 1 aliphatic heterocycles. The lowest BCUT2D eigenvalue weighted by molar-refractivity contribution is 0.0729. The molecule has 2 heterocycles. The number of phenolic OH excluding ortho intramolecular Hbond substituents is 1. The Morgan fingerprint density at radius 2 is 1.81 bits per heavy atom. The average Bonchev–Trinajstić information content (AvgIpc) is 2.68. The molecule has 136 valence electrons. The lowest BCUT2D eigenvalue weighted by atomic mass is 10.00. The van der Waals surface area contributed by atoms with Crippen LogP contribution in [0.5, 0.6) is 5.75 Å². The Kier molecular flexibility index (Phi) is 4.38.